The number of carbonyl (C=O) groups is 1. The second kappa shape index (κ2) is 6.12. The van der Waals surface area contributed by atoms with Gasteiger partial charge in [0.05, 0.1) is 17.3 Å². The molecule has 0 aliphatic heterocycles. The summed E-state index contributed by atoms with van der Waals surface area (Å²) in [6.45, 7) is -0.700. The fourth-order valence-corrected chi connectivity index (χ4v) is 3.35. The van der Waals surface area contributed by atoms with Crippen LogP contribution in [0, 0.1) is 0 Å². The number of aromatic nitrogens is 1. The number of nitrogens with zero attached hydrogens (tertiary/aromatic N) is 1. The number of aromatic carboxylic acids is 1. The van der Waals surface area contributed by atoms with Crippen LogP contribution in [0.2, 0.25) is 0 Å². The Kier molecular flexibility index (Phi) is 4.43. The van der Waals surface area contributed by atoms with Crippen LogP contribution < -0.4 is 0 Å². The van der Waals surface area contributed by atoms with Gasteiger partial charge in [0.25, 0.3) is 0 Å². The summed E-state index contributed by atoms with van der Waals surface area (Å²) >= 11 is 0. The van der Waals surface area contributed by atoms with Crippen molar-refractivity contribution in [1.29, 1.82) is 0 Å². The zero-order valence-electron chi connectivity index (χ0n) is 11.3. The monoisotopic (exact) mass is 323 g/mol. The molecule has 2 rings (SSSR count). The van der Waals surface area contributed by atoms with E-state index in [9.17, 15) is 23.4 Å². The molecule has 8 heteroatoms. The lowest BCUT2D eigenvalue weighted by Gasteiger charge is -2.11. The number of pyridine rings is 1. The normalized spacial score (nSPS) is 11.3. The molecule has 2 aromatic rings. The summed E-state index contributed by atoms with van der Waals surface area (Å²) in [4.78, 5) is 14.5. The summed E-state index contributed by atoms with van der Waals surface area (Å²) < 4.78 is 24.6. The maximum absolute atomic E-state index is 12.3. The first-order valence-corrected chi connectivity index (χ1v) is 7.83. The summed E-state index contributed by atoms with van der Waals surface area (Å²) in [6, 6.07) is 7.67. The van der Waals surface area contributed by atoms with Gasteiger partial charge < -0.3 is 15.3 Å². The highest BCUT2D eigenvalue weighted by molar-refractivity contribution is 7.90. The molecular weight excluding hydrogens is 310 g/mol. The number of hydrogen-bond donors (Lipinski definition) is 3. The van der Waals surface area contributed by atoms with E-state index in [-0.39, 0.29) is 16.0 Å². The molecule has 1 aromatic heterocycles. The predicted octanol–water partition coefficient (Wildman–Crippen LogP) is 0.952. The topological polar surface area (TPSA) is 125 Å². The first-order valence-electron chi connectivity index (χ1n) is 6.18. The Balaban J connectivity index is 2.46. The minimum Gasteiger partial charge on any atom is -0.505 e. The summed E-state index contributed by atoms with van der Waals surface area (Å²) in [5.41, 5.74) is -0.745. The molecule has 3 N–H and O–H groups in total. The number of rotatable bonds is 5. The molecule has 0 spiro atoms. The summed E-state index contributed by atoms with van der Waals surface area (Å²) in [5, 5.41) is 28.0. The van der Waals surface area contributed by atoms with E-state index in [1.807, 2.05) is 0 Å². The van der Waals surface area contributed by atoms with Gasteiger partial charge in [-0.3, -0.25) is 0 Å². The summed E-state index contributed by atoms with van der Waals surface area (Å²) in [6.07, 6.45) is 1.04. The Morgan fingerprint density at radius 2 is 1.82 bits per heavy atom. The number of benzene rings is 1. The first-order chi connectivity index (χ1) is 10.4. The molecule has 0 saturated heterocycles. The van der Waals surface area contributed by atoms with E-state index in [2.05, 4.69) is 4.98 Å². The molecule has 22 heavy (non-hydrogen) atoms. The molecule has 0 fully saturated rings. The van der Waals surface area contributed by atoms with Crippen LogP contribution >= 0.6 is 0 Å². The predicted molar refractivity (Wildman–Crippen MR) is 76.1 cm³/mol. The number of aromatic hydroxyl groups is 1. The summed E-state index contributed by atoms with van der Waals surface area (Å²) in [5.74, 6) is -2.70. The average molecular weight is 323 g/mol. The van der Waals surface area contributed by atoms with E-state index < -0.39 is 39.6 Å². The second-order valence-corrected chi connectivity index (χ2v) is 6.48. The fourth-order valence-electron chi connectivity index (χ4n) is 1.95. The van der Waals surface area contributed by atoms with Crippen molar-refractivity contribution < 1.29 is 28.5 Å². The standard InChI is InChI=1S/C14H13NO6S/c16-7-11-9(6-15-12(13(11)17)14(18)19)8-22(20,21)10-4-2-1-3-5-10/h1-6,16-17H,7-8H2,(H,18,19). The third-order valence-electron chi connectivity index (χ3n) is 3.06. The molecule has 7 nitrogen and oxygen atoms in total. The average Bonchev–Trinajstić information content (AvgIpc) is 2.48. The Bertz CT molecular complexity index is 802. The highest BCUT2D eigenvalue weighted by atomic mass is 32.2. The van der Waals surface area contributed by atoms with E-state index in [0.29, 0.717) is 0 Å². The first kappa shape index (κ1) is 15.9. The van der Waals surface area contributed by atoms with Crippen molar-refractivity contribution in [2.75, 3.05) is 0 Å². The molecule has 0 saturated carbocycles. The van der Waals surface area contributed by atoms with Crippen LogP contribution in [0.15, 0.2) is 41.4 Å². The highest BCUT2D eigenvalue weighted by Gasteiger charge is 2.22. The van der Waals surface area contributed by atoms with Gasteiger partial charge in [-0.05, 0) is 17.7 Å². The number of aliphatic hydroxyl groups excluding tert-OH is 1. The van der Waals surface area contributed by atoms with Gasteiger partial charge in [-0.25, -0.2) is 18.2 Å². The highest BCUT2D eigenvalue weighted by Crippen LogP contribution is 2.27. The number of aliphatic hydroxyl groups is 1. The van der Waals surface area contributed by atoms with Crippen molar-refractivity contribution in [2.24, 2.45) is 0 Å². The van der Waals surface area contributed by atoms with E-state index in [1.165, 1.54) is 12.1 Å². The SMILES string of the molecule is O=C(O)c1ncc(CS(=O)(=O)c2ccccc2)c(CO)c1O. The van der Waals surface area contributed by atoms with Crippen LogP contribution in [0.5, 0.6) is 5.75 Å². The van der Waals surface area contributed by atoms with Crippen LogP contribution in [-0.2, 0) is 22.2 Å². The van der Waals surface area contributed by atoms with E-state index in [4.69, 9.17) is 5.11 Å². The van der Waals surface area contributed by atoms with E-state index in [1.54, 1.807) is 18.2 Å². The molecule has 0 aliphatic carbocycles. The van der Waals surface area contributed by atoms with Crippen LogP contribution in [-0.4, -0.2) is 34.7 Å². The lowest BCUT2D eigenvalue weighted by molar-refractivity contribution is 0.0686. The van der Waals surface area contributed by atoms with E-state index >= 15 is 0 Å². The Morgan fingerprint density at radius 3 is 2.36 bits per heavy atom. The third kappa shape index (κ3) is 3.07. The van der Waals surface area contributed by atoms with Crippen molar-refractivity contribution in [2.45, 2.75) is 17.3 Å². The maximum Gasteiger partial charge on any atom is 0.358 e. The number of carboxylic acid groups (broad SMARTS) is 1. The van der Waals surface area contributed by atoms with Crippen LogP contribution in [0.3, 0.4) is 0 Å². The van der Waals surface area contributed by atoms with Crippen LogP contribution in [0.1, 0.15) is 21.6 Å². The molecule has 0 amide bonds. The van der Waals surface area contributed by atoms with Crippen molar-refractivity contribution in [3.05, 3.63) is 53.3 Å². The maximum atomic E-state index is 12.3. The van der Waals surface area contributed by atoms with Crippen molar-refractivity contribution >= 4 is 15.8 Å². The largest absolute Gasteiger partial charge is 0.505 e. The molecule has 0 atom stereocenters. The molecule has 116 valence electrons. The van der Waals surface area contributed by atoms with Crippen molar-refractivity contribution in [3.63, 3.8) is 0 Å². The number of carboxylic acids is 1. The Hall–Kier alpha value is -2.45. The van der Waals surface area contributed by atoms with E-state index in [0.717, 1.165) is 6.20 Å². The molecular formula is C14H13NO6S. The smallest absolute Gasteiger partial charge is 0.358 e. The molecule has 1 heterocycles. The molecule has 0 aliphatic rings. The van der Waals surface area contributed by atoms with Crippen LogP contribution in [0.4, 0.5) is 0 Å². The van der Waals surface area contributed by atoms with Crippen molar-refractivity contribution in [1.82, 2.24) is 4.98 Å². The van der Waals surface area contributed by atoms with Gasteiger partial charge in [-0.2, -0.15) is 0 Å². The fraction of sp³-hybridized carbons (Fsp3) is 0.143. The Labute approximate surface area is 126 Å². The zero-order valence-corrected chi connectivity index (χ0v) is 12.1. The lowest BCUT2D eigenvalue weighted by Crippen LogP contribution is -2.10. The molecule has 0 radical (unpaired) electrons. The van der Waals surface area contributed by atoms with Gasteiger partial charge in [-0.15, -0.1) is 0 Å². The minimum absolute atomic E-state index is 0.0499. The number of hydrogen-bond acceptors (Lipinski definition) is 6. The third-order valence-corrected chi connectivity index (χ3v) is 4.74. The van der Waals surface area contributed by atoms with Gasteiger partial charge in [0, 0.05) is 11.8 Å². The van der Waals surface area contributed by atoms with Gasteiger partial charge in [0.1, 0.15) is 0 Å². The second-order valence-electron chi connectivity index (χ2n) is 4.49. The summed E-state index contributed by atoms with van der Waals surface area (Å²) in [7, 11) is -3.71. The van der Waals surface area contributed by atoms with Gasteiger partial charge in [-0.1, -0.05) is 18.2 Å². The number of sulfone groups is 1. The molecule has 1 aromatic carbocycles. The zero-order chi connectivity index (χ0) is 16.3. The van der Waals surface area contributed by atoms with Gasteiger partial charge in [0.2, 0.25) is 0 Å². The van der Waals surface area contributed by atoms with Gasteiger partial charge >= 0.3 is 5.97 Å². The Morgan fingerprint density at radius 1 is 1.18 bits per heavy atom. The van der Waals surface area contributed by atoms with Crippen molar-refractivity contribution in [3.8, 4) is 5.75 Å². The molecule has 0 unspecified atom stereocenters. The van der Waals surface area contributed by atoms with Crippen LogP contribution in [0.25, 0.3) is 0 Å². The van der Waals surface area contributed by atoms with Gasteiger partial charge in [0.15, 0.2) is 21.3 Å². The lowest BCUT2D eigenvalue weighted by atomic mass is 10.1. The quantitative estimate of drug-likeness (QED) is 0.748. The molecule has 0 bridgehead atoms. The minimum atomic E-state index is -3.71.